The van der Waals surface area contributed by atoms with Crippen LogP contribution in [0, 0.1) is 12.3 Å². The molecule has 0 fully saturated rings. The van der Waals surface area contributed by atoms with Gasteiger partial charge in [-0.25, -0.2) is 0 Å². The van der Waals surface area contributed by atoms with Crippen molar-refractivity contribution in [3.8, 4) is 18.1 Å². The van der Waals surface area contributed by atoms with E-state index in [4.69, 9.17) is 11.2 Å². The Kier molecular flexibility index (Phi) is 7.07. The van der Waals surface area contributed by atoms with Gasteiger partial charge in [-0.15, -0.1) is 12.3 Å². The van der Waals surface area contributed by atoms with Gasteiger partial charge in [-0.2, -0.15) is 0 Å². The monoisotopic (exact) mass is 259 g/mol. The molecule has 0 aliphatic carbocycles. The van der Waals surface area contributed by atoms with Crippen LogP contribution in [0.15, 0.2) is 24.3 Å². The Bertz CT molecular complexity index is 391. The van der Waals surface area contributed by atoms with E-state index in [1.807, 2.05) is 12.1 Å². The highest BCUT2D eigenvalue weighted by molar-refractivity contribution is 5.29. The Labute approximate surface area is 117 Å². The average Bonchev–Trinajstić information content (AvgIpc) is 2.45. The second-order valence-electron chi connectivity index (χ2n) is 4.82. The van der Waals surface area contributed by atoms with Crippen LogP contribution in [0.2, 0.25) is 0 Å². The van der Waals surface area contributed by atoms with Crippen LogP contribution in [0.5, 0.6) is 5.75 Å². The quantitative estimate of drug-likeness (QED) is 0.714. The molecule has 19 heavy (non-hydrogen) atoms. The highest BCUT2D eigenvalue weighted by Crippen LogP contribution is 2.19. The summed E-state index contributed by atoms with van der Waals surface area (Å²) >= 11 is 0. The molecule has 1 aromatic rings. The van der Waals surface area contributed by atoms with Gasteiger partial charge in [-0.05, 0) is 37.5 Å². The fourth-order valence-electron chi connectivity index (χ4n) is 1.99. The van der Waals surface area contributed by atoms with E-state index in [-0.39, 0.29) is 0 Å². The van der Waals surface area contributed by atoms with Crippen LogP contribution in [-0.4, -0.2) is 12.6 Å². The molecule has 0 radical (unpaired) electrons. The lowest BCUT2D eigenvalue weighted by Gasteiger charge is -2.21. The largest absolute Gasteiger partial charge is 0.494 e. The first kappa shape index (κ1) is 15.6. The SMILES string of the molecule is C#CCC(CC)NC(C)c1ccc(OCCC)cc1. The molecule has 2 unspecified atom stereocenters. The molecule has 0 bridgehead atoms. The molecule has 1 rings (SSSR count). The van der Waals surface area contributed by atoms with Crippen molar-refractivity contribution in [2.45, 2.75) is 52.1 Å². The second-order valence-corrected chi connectivity index (χ2v) is 4.82. The Morgan fingerprint density at radius 3 is 2.47 bits per heavy atom. The van der Waals surface area contributed by atoms with E-state index in [9.17, 15) is 0 Å². The summed E-state index contributed by atoms with van der Waals surface area (Å²) in [6.45, 7) is 7.20. The van der Waals surface area contributed by atoms with Crippen molar-refractivity contribution >= 4 is 0 Å². The molecule has 1 N–H and O–H groups in total. The number of terminal acetylenes is 1. The van der Waals surface area contributed by atoms with Gasteiger partial charge >= 0.3 is 0 Å². The smallest absolute Gasteiger partial charge is 0.119 e. The number of rotatable bonds is 8. The van der Waals surface area contributed by atoms with Gasteiger partial charge in [0.05, 0.1) is 6.61 Å². The molecule has 1 aromatic carbocycles. The van der Waals surface area contributed by atoms with Gasteiger partial charge in [0.25, 0.3) is 0 Å². The lowest BCUT2D eigenvalue weighted by molar-refractivity contribution is 0.317. The molecule has 2 atom stereocenters. The van der Waals surface area contributed by atoms with E-state index in [1.54, 1.807) is 0 Å². The minimum absolute atomic E-state index is 0.304. The van der Waals surface area contributed by atoms with E-state index in [0.717, 1.165) is 31.6 Å². The van der Waals surface area contributed by atoms with Gasteiger partial charge in [0.15, 0.2) is 0 Å². The van der Waals surface area contributed by atoms with Crippen LogP contribution >= 0.6 is 0 Å². The molecular formula is C17H25NO. The van der Waals surface area contributed by atoms with Crippen molar-refractivity contribution in [1.82, 2.24) is 5.32 Å². The summed E-state index contributed by atoms with van der Waals surface area (Å²) in [6.07, 6.45) is 8.24. The Morgan fingerprint density at radius 2 is 1.95 bits per heavy atom. The minimum Gasteiger partial charge on any atom is -0.494 e. The van der Waals surface area contributed by atoms with Crippen LogP contribution < -0.4 is 10.1 Å². The summed E-state index contributed by atoms with van der Waals surface area (Å²) in [6, 6.07) is 8.99. The highest BCUT2D eigenvalue weighted by Gasteiger charge is 2.10. The zero-order chi connectivity index (χ0) is 14.1. The molecular weight excluding hydrogens is 234 g/mol. The molecule has 2 nitrogen and oxygen atoms in total. The summed E-state index contributed by atoms with van der Waals surface area (Å²) < 4.78 is 5.58. The van der Waals surface area contributed by atoms with Gasteiger partial charge < -0.3 is 10.1 Å². The molecule has 0 aliphatic heterocycles. The number of hydrogen-bond donors (Lipinski definition) is 1. The molecule has 0 heterocycles. The van der Waals surface area contributed by atoms with Gasteiger partial charge in [-0.1, -0.05) is 26.0 Å². The van der Waals surface area contributed by atoms with Crippen LogP contribution in [0.25, 0.3) is 0 Å². The topological polar surface area (TPSA) is 21.3 Å². The van der Waals surface area contributed by atoms with Crippen molar-refractivity contribution in [2.24, 2.45) is 0 Å². The fraction of sp³-hybridized carbons (Fsp3) is 0.529. The van der Waals surface area contributed by atoms with Gasteiger partial charge in [0.2, 0.25) is 0 Å². The molecule has 104 valence electrons. The van der Waals surface area contributed by atoms with Crippen LogP contribution in [-0.2, 0) is 0 Å². The molecule has 2 heteroatoms. The Morgan fingerprint density at radius 1 is 1.26 bits per heavy atom. The summed E-state index contributed by atoms with van der Waals surface area (Å²) in [7, 11) is 0. The third-order valence-electron chi connectivity index (χ3n) is 3.20. The predicted octanol–water partition coefficient (Wildman–Crippen LogP) is 3.93. The van der Waals surface area contributed by atoms with Crippen LogP contribution in [0.1, 0.15) is 51.6 Å². The van der Waals surface area contributed by atoms with Gasteiger partial charge in [-0.3, -0.25) is 0 Å². The maximum atomic E-state index is 5.58. The number of benzene rings is 1. The maximum Gasteiger partial charge on any atom is 0.119 e. The lowest BCUT2D eigenvalue weighted by atomic mass is 10.1. The zero-order valence-corrected chi connectivity index (χ0v) is 12.3. The van der Waals surface area contributed by atoms with Crippen molar-refractivity contribution < 1.29 is 4.74 Å². The lowest BCUT2D eigenvalue weighted by Crippen LogP contribution is -2.30. The minimum atomic E-state index is 0.304. The van der Waals surface area contributed by atoms with Gasteiger partial charge in [0, 0.05) is 18.5 Å². The van der Waals surface area contributed by atoms with Crippen molar-refractivity contribution in [3.05, 3.63) is 29.8 Å². The molecule has 0 spiro atoms. The first-order chi connectivity index (χ1) is 9.21. The Hall–Kier alpha value is -1.46. The van der Waals surface area contributed by atoms with E-state index >= 15 is 0 Å². The van der Waals surface area contributed by atoms with Crippen molar-refractivity contribution in [1.29, 1.82) is 0 Å². The second kappa shape index (κ2) is 8.61. The van der Waals surface area contributed by atoms with E-state index in [0.29, 0.717) is 12.1 Å². The molecule has 0 saturated heterocycles. The summed E-state index contributed by atoms with van der Waals surface area (Å²) in [5, 5.41) is 3.56. The first-order valence-electron chi connectivity index (χ1n) is 7.13. The van der Waals surface area contributed by atoms with Crippen molar-refractivity contribution in [3.63, 3.8) is 0 Å². The van der Waals surface area contributed by atoms with E-state index in [1.165, 1.54) is 5.56 Å². The third kappa shape index (κ3) is 5.36. The summed E-state index contributed by atoms with van der Waals surface area (Å²) in [5.41, 5.74) is 1.26. The number of nitrogens with one attached hydrogen (secondary N) is 1. The standard InChI is InChI=1S/C17H25NO/c1-5-8-16(7-3)18-14(4)15-9-11-17(12-10-15)19-13-6-2/h1,9-12,14,16,18H,6-8,13H2,2-4H3. The predicted molar refractivity (Wildman–Crippen MR) is 81.3 cm³/mol. The molecule has 0 aromatic heterocycles. The van der Waals surface area contributed by atoms with Crippen molar-refractivity contribution in [2.75, 3.05) is 6.61 Å². The summed E-state index contributed by atoms with van der Waals surface area (Å²) in [4.78, 5) is 0. The normalized spacial score (nSPS) is 13.6. The highest BCUT2D eigenvalue weighted by atomic mass is 16.5. The molecule has 0 amide bonds. The molecule has 0 saturated carbocycles. The molecule has 0 aliphatic rings. The van der Waals surface area contributed by atoms with Crippen LogP contribution in [0.3, 0.4) is 0 Å². The van der Waals surface area contributed by atoms with Gasteiger partial charge in [0.1, 0.15) is 5.75 Å². The summed E-state index contributed by atoms with van der Waals surface area (Å²) in [5.74, 6) is 3.66. The van der Waals surface area contributed by atoms with E-state index < -0.39 is 0 Å². The number of ether oxygens (including phenoxy) is 1. The Balaban J connectivity index is 2.57. The maximum absolute atomic E-state index is 5.58. The number of hydrogen-bond acceptors (Lipinski definition) is 2. The van der Waals surface area contributed by atoms with E-state index in [2.05, 4.69) is 44.1 Å². The van der Waals surface area contributed by atoms with Crippen LogP contribution in [0.4, 0.5) is 0 Å². The third-order valence-corrected chi connectivity index (χ3v) is 3.20. The first-order valence-corrected chi connectivity index (χ1v) is 7.13. The average molecular weight is 259 g/mol. The zero-order valence-electron chi connectivity index (χ0n) is 12.3. The fourth-order valence-corrected chi connectivity index (χ4v) is 1.99.